The Labute approximate surface area is 118 Å². The smallest absolute Gasteiger partial charge is 0.0724 e. The summed E-state index contributed by atoms with van der Waals surface area (Å²) in [5.74, 6) is 0. The first-order valence-electron chi connectivity index (χ1n) is 7.61. The second-order valence-corrected chi connectivity index (χ2v) is 5.10. The summed E-state index contributed by atoms with van der Waals surface area (Å²) < 4.78 is 5.65. The molecule has 0 saturated carbocycles. The second-order valence-electron chi connectivity index (χ2n) is 5.10. The Balaban J connectivity index is 2.40. The van der Waals surface area contributed by atoms with E-state index >= 15 is 0 Å². The average molecular weight is 263 g/mol. The Morgan fingerprint density at radius 3 is 2.42 bits per heavy atom. The van der Waals surface area contributed by atoms with Crippen LogP contribution in [-0.2, 0) is 11.2 Å². The molecule has 1 aromatic carbocycles. The van der Waals surface area contributed by atoms with Crippen molar-refractivity contribution in [2.24, 2.45) is 0 Å². The van der Waals surface area contributed by atoms with E-state index < -0.39 is 0 Å². The van der Waals surface area contributed by atoms with E-state index in [2.05, 4.69) is 49.5 Å². The molecule has 0 spiro atoms. The van der Waals surface area contributed by atoms with Crippen molar-refractivity contribution < 1.29 is 4.74 Å². The first kappa shape index (κ1) is 16.2. The van der Waals surface area contributed by atoms with Gasteiger partial charge in [-0.1, -0.05) is 50.6 Å². The van der Waals surface area contributed by atoms with Crippen LogP contribution in [0.2, 0.25) is 0 Å². The monoisotopic (exact) mass is 263 g/mol. The van der Waals surface area contributed by atoms with Gasteiger partial charge in [-0.2, -0.15) is 0 Å². The van der Waals surface area contributed by atoms with E-state index in [1.54, 1.807) is 0 Å². The standard InChI is InChI=1S/C17H29NO/c1-4-10-17(19-3)16(18-5-2)14-9-13-15-11-7-6-8-12-15/h6-8,11-12,16-18H,4-5,9-10,13-14H2,1-3H3. The molecule has 0 aliphatic rings. The maximum absolute atomic E-state index is 5.65. The molecule has 0 aliphatic carbocycles. The Morgan fingerprint density at radius 2 is 1.84 bits per heavy atom. The zero-order chi connectivity index (χ0) is 13.9. The Kier molecular flexibility index (Phi) is 8.52. The van der Waals surface area contributed by atoms with Gasteiger partial charge in [0, 0.05) is 13.2 Å². The van der Waals surface area contributed by atoms with Gasteiger partial charge in [0.25, 0.3) is 0 Å². The minimum atomic E-state index is 0.348. The topological polar surface area (TPSA) is 21.3 Å². The van der Waals surface area contributed by atoms with Crippen LogP contribution in [0.15, 0.2) is 30.3 Å². The van der Waals surface area contributed by atoms with Crippen LogP contribution in [0, 0.1) is 0 Å². The molecule has 1 N–H and O–H groups in total. The lowest BCUT2D eigenvalue weighted by Crippen LogP contribution is -2.40. The molecule has 108 valence electrons. The molecule has 0 amide bonds. The zero-order valence-corrected chi connectivity index (χ0v) is 12.7. The van der Waals surface area contributed by atoms with Crippen LogP contribution in [0.5, 0.6) is 0 Å². The second kappa shape index (κ2) is 9.99. The van der Waals surface area contributed by atoms with E-state index in [-0.39, 0.29) is 0 Å². The highest BCUT2D eigenvalue weighted by molar-refractivity contribution is 5.14. The lowest BCUT2D eigenvalue weighted by Gasteiger charge is -2.26. The molecule has 0 aromatic heterocycles. The van der Waals surface area contributed by atoms with Crippen LogP contribution < -0.4 is 5.32 Å². The van der Waals surface area contributed by atoms with Crippen molar-refractivity contribution in [2.45, 2.75) is 58.1 Å². The molecule has 1 rings (SSSR count). The van der Waals surface area contributed by atoms with Gasteiger partial charge in [-0.3, -0.25) is 0 Å². The third-order valence-corrected chi connectivity index (χ3v) is 3.61. The number of aryl methyl sites for hydroxylation is 1. The van der Waals surface area contributed by atoms with Crippen molar-refractivity contribution in [3.8, 4) is 0 Å². The molecule has 2 unspecified atom stereocenters. The van der Waals surface area contributed by atoms with Gasteiger partial charge in [0.05, 0.1) is 6.10 Å². The maximum atomic E-state index is 5.65. The summed E-state index contributed by atoms with van der Waals surface area (Å²) in [6.07, 6.45) is 6.22. The van der Waals surface area contributed by atoms with Crippen molar-refractivity contribution in [1.29, 1.82) is 0 Å². The first-order chi connectivity index (χ1) is 9.31. The highest BCUT2D eigenvalue weighted by Crippen LogP contribution is 2.14. The van der Waals surface area contributed by atoms with Gasteiger partial charge in [0.1, 0.15) is 0 Å². The van der Waals surface area contributed by atoms with Gasteiger partial charge >= 0.3 is 0 Å². The third-order valence-electron chi connectivity index (χ3n) is 3.61. The molecule has 0 heterocycles. The van der Waals surface area contributed by atoms with Crippen molar-refractivity contribution >= 4 is 0 Å². The SMILES string of the molecule is CCCC(OC)C(CCCc1ccccc1)NCC. The molecular weight excluding hydrogens is 234 g/mol. The van der Waals surface area contributed by atoms with Gasteiger partial charge in [-0.15, -0.1) is 0 Å². The van der Waals surface area contributed by atoms with Gasteiger partial charge in [0.15, 0.2) is 0 Å². The summed E-state index contributed by atoms with van der Waals surface area (Å²) in [5.41, 5.74) is 1.43. The molecule has 2 heteroatoms. The molecule has 2 nitrogen and oxygen atoms in total. The third kappa shape index (κ3) is 6.22. The fraction of sp³-hybridized carbons (Fsp3) is 0.647. The average Bonchev–Trinajstić information content (AvgIpc) is 2.45. The Morgan fingerprint density at radius 1 is 1.11 bits per heavy atom. The zero-order valence-electron chi connectivity index (χ0n) is 12.7. The predicted octanol–water partition coefficient (Wildman–Crippen LogP) is 3.80. The number of hydrogen-bond acceptors (Lipinski definition) is 2. The number of methoxy groups -OCH3 is 1. The summed E-state index contributed by atoms with van der Waals surface area (Å²) in [4.78, 5) is 0. The molecule has 0 fully saturated rings. The van der Waals surface area contributed by atoms with Crippen LogP contribution >= 0.6 is 0 Å². The van der Waals surface area contributed by atoms with E-state index in [9.17, 15) is 0 Å². The quantitative estimate of drug-likeness (QED) is 0.693. The molecule has 19 heavy (non-hydrogen) atoms. The lowest BCUT2D eigenvalue weighted by molar-refractivity contribution is 0.0580. The van der Waals surface area contributed by atoms with Crippen molar-refractivity contribution in [1.82, 2.24) is 5.32 Å². The molecule has 0 saturated heterocycles. The number of rotatable bonds is 10. The fourth-order valence-corrected chi connectivity index (χ4v) is 2.62. The number of ether oxygens (including phenoxy) is 1. The van der Waals surface area contributed by atoms with Gasteiger partial charge in [-0.05, 0) is 37.8 Å². The van der Waals surface area contributed by atoms with Crippen molar-refractivity contribution in [3.05, 3.63) is 35.9 Å². The summed E-state index contributed by atoms with van der Waals surface area (Å²) in [5, 5.41) is 3.58. The van der Waals surface area contributed by atoms with Crippen LogP contribution in [0.3, 0.4) is 0 Å². The minimum Gasteiger partial charge on any atom is -0.380 e. The van der Waals surface area contributed by atoms with E-state index in [1.165, 1.54) is 24.8 Å². The number of likely N-dealkylation sites (N-methyl/N-ethyl adjacent to an activating group) is 1. The summed E-state index contributed by atoms with van der Waals surface area (Å²) in [6, 6.07) is 11.2. The van der Waals surface area contributed by atoms with E-state index in [4.69, 9.17) is 4.74 Å². The normalized spacial score (nSPS) is 14.3. The molecular formula is C17H29NO. The van der Waals surface area contributed by atoms with Gasteiger partial charge < -0.3 is 10.1 Å². The number of benzene rings is 1. The predicted molar refractivity (Wildman–Crippen MR) is 82.5 cm³/mol. The summed E-state index contributed by atoms with van der Waals surface area (Å²) in [7, 11) is 1.84. The molecule has 0 aliphatic heterocycles. The Hall–Kier alpha value is -0.860. The number of nitrogens with one attached hydrogen (secondary N) is 1. The van der Waals surface area contributed by atoms with Crippen molar-refractivity contribution in [3.63, 3.8) is 0 Å². The maximum Gasteiger partial charge on any atom is 0.0724 e. The highest BCUT2D eigenvalue weighted by Gasteiger charge is 2.18. The fourth-order valence-electron chi connectivity index (χ4n) is 2.62. The first-order valence-corrected chi connectivity index (χ1v) is 7.61. The van der Waals surface area contributed by atoms with E-state index in [1.807, 2.05) is 7.11 Å². The van der Waals surface area contributed by atoms with Gasteiger partial charge in [-0.25, -0.2) is 0 Å². The van der Waals surface area contributed by atoms with Crippen LogP contribution in [0.1, 0.15) is 45.1 Å². The Bertz CT molecular complexity index is 312. The molecule has 0 radical (unpaired) electrons. The number of hydrogen-bond donors (Lipinski definition) is 1. The summed E-state index contributed by atoms with van der Waals surface area (Å²) >= 11 is 0. The van der Waals surface area contributed by atoms with E-state index in [0.717, 1.165) is 19.4 Å². The van der Waals surface area contributed by atoms with Gasteiger partial charge in [0.2, 0.25) is 0 Å². The highest BCUT2D eigenvalue weighted by atomic mass is 16.5. The van der Waals surface area contributed by atoms with Crippen LogP contribution in [-0.4, -0.2) is 25.8 Å². The summed E-state index contributed by atoms with van der Waals surface area (Å²) in [6.45, 7) is 5.40. The van der Waals surface area contributed by atoms with E-state index in [0.29, 0.717) is 12.1 Å². The molecule has 1 aromatic rings. The largest absolute Gasteiger partial charge is 0.380 e. The lowest BCUT2D eigenvalue weighted by atomic mass is 9.98. The van der Waals surface area contributed by atoms with Crippen molar-refractivity contribution in [2.75, 3.05) is 13.7 Å². The molecule has 2 atom stereocenters. The van der Waals surface area contributed by atoms with Crippen LogP contribution in [0.4, 0.5) is 0 Å². The van der Waals surface area contributed by atoms with Crippen LogP contribution in [0.25, 0.3) is 0 Å². The minimum absolute atomic E-state index is 0.348. The molecule has 0 bridgehead atoms.